The van der Waals surface area contributed by atoms with Crippen molar-refractivity contribution in [3.63, 3.8) is 0 Å². The van der Waals surface area contributed by atoms with E-state index < -0.39 is 0 Å². The minimum atomic E-state index is 1.12. The van der Waals surface area contributed by atoms with Crippen molar-refractivity contribution in [2.45, 2.75) is 33.1 Å². The fraction of sp³-hybridized carbons (Fsp3) is 0.700. The van der Waals surface area contributed by atoms with Gasteiger partial charge in [0.1, 0.15) is 0 Å². The van der Waals surface area contributed by atoms with Gasteiger partial charge in [-0.15, -0.1) is 5.73 Å². The van der Waals surface area contributed by atoms with E-state index in [9.17, 15) is 0 Å². The van der Waals surface area contributed by atoms with E-state index in [1.54, 1.807) is 0 Å². The Kier molecular flexibility index (Phi) is 7.23. The summed E-state index contributed by atoms with van der Waals surface area (Å²) >= 11 is 0. The molecule has 0 aromatic heterocycles. The van der Waals surface area contributed by atoms with Gasteiger partial charge in [0.25, 0.3) is 0 Å². The van der Waals surface area contributed by atoms with E-state index in [0.29, 0.717) is 0 Å². The molecule has 0 atom stereocenters. The molecule has 1 N–H and O–H groups in total. The van der Waals surface area contributed by atoms with Crippen LogP contribution in [0.25, 0.3) is 0 Å². The maximum Gasteiger partial charge on any atom is -0.00456 e. The molecule has 0 unspecified atom stereocenters. The van der Waals surface area contributed by atoms with E-state index in [2.05, 4.69) is 31.5 Å². The average molecular weight is 153 g/mol. The Bertz CT molecular complexity index is 132. The molecule has 0 rings (SSSR count). The second-order valence-corrected chi connectivity index (χ2v) is 2.81. The minimum absolute atomic E-state index is 1.12. The van der Waals surface area contributed by atoms with Crippen LogP contribution in [0, 0.1) is 0 Å². The molecule has 0 aromatic rings. The predicted octanol–water partition coefficient (Wildman–Crippen LogP) is 2.50. The van der Waals surface area contributed by atoms with Crippen LogP contribution in [0.15, 0.2) is 17.9 Å². The molecule has 0 aliphatic carbocycles. The van der Waals surface area contributed by atoms with Gasteiger partial charge in [0, 0.05) is 0 Å². The lowest BCUT2D eigenvalue weighted by molar-refractivity contribution is 0.638. The average Bonchev–Trinajstić information content (AvgIpc) is 2.04. The number of allylic oxidation sites excluding steroid dienone is 1. The second kappa shape index (κ2) is 7.59. The van der Waals surface area contributed by atoms with Crippen molar-refractivity contribution in [1.82, 2.24) is 5.32 Å². The molecule has 0 saturated heterocycles. The van der Waals surface area contributed by atoms with Gasteiger partial charge in [0.2, 0.25) is 0 Å². The third-order valence-corrected chi connectivity index (χ3v) is 1.63. The van der Waals surface area contributed by atoms with E-state index in [1.165, 1.54) is 18.4 Å². The zero-order valence-electron chi connectivity index (χ0n) is 7.74. The first-order chi connectivity index (χ1) is 5.31. The first kappa shape index (κ1) is 10.5. The monoisotopic (exact) mass is 153 g/mol. The van der Waals surface area contributed by atoms with E-state index in [-0.39, 0.29) is 0 Å². The third-order valence-electron chi connectivity index (χ3n) is 1.63. The zero-order valence-corrected chi connectivity index (χ0v) is 7.74. The molecule has 11 heavy (non-hydrogen) atoms. The van der Waals surface area contributed by atoms with Gasteiger partial charge in [-0.25, -0.2) is 0 Å². The normalized spacial score (nSPS) is 9.27. The minimum Gasteiger partial charge on any atom is -0.317 e. The van der Waals surface area contributed by atoms with Crippen molar-refractivity contribution in [1.29, 1.82) is 0 Å². The SMILES string of the molecule is C=C=C(C)CCCNCCC. The molecular weight excluding hydrogens is 134 g/mol. The summed E-state index contributed by atoms with van der Waals surface area (Å²) in [5.41, 5.74) is 4.16. The van der Waals surface area contributed by atoms with Gasteiger partial charge in [0.05, 0.1) is 0 Å². The number of rotatable bonds is 6. The summed E-state index contributed by atoms with van der Waals surface area (Å²) in [5, 5.41) is 3.35. The highest BCUT2D eigenvalue weighted by atomic mass is 14.8. The zero-order chi connectivity index (χ0) is 8.53. The van der Waals surface area contributed by atoms with E-state index >= 15 is 0 Å². The molecule has 0 fully saturated rings. The lowest BCUT2D eigenvalue weighted by Crippen LogP contribution is -2.15. The van der Waals surface area contributed by atoms with Crippen molar-refractivity contribution >= 4 is 0 Å². The lowest BCUT2D eigenvalue weighted by atomic mass is 10.2. The largest absolute Gasteiger partial charge is 0.317 e. The van der Waals surface area contributed by atoms with Gasteiger partial charge in [-0.3, -0.25) is 0 Å². The molecule has 64 valence electrons. The summed E-state index contributed by atoms with van der Waals surface area (Å²) < 4.78 is 0. The topological polar surface area (TPSA) is 12.0 Å². The number of nitrogens with one attached hydrogen (secondary N) is 1. The summed E-state index contributed by atoms with van der Waals surface area (Å²) in [4.78, 5) is 0. The van der Waals surface area contributed by atoms with Crippen LogP contribution in [0.1, 0.15) is 33.1 Å². The quantitative estimate of drug-likeness (QED) is 0.456. The molecule has 0 saturated carbocycles. The summed E-state index contributed by atoms with van der Waals surface area (Å²) in [6.07, 6.45) is 3.55. The Balaban J connectivity index is 3.08. The summed E-state index contributed by atoms with van der Waals surface area (Å²) in [6, 6.07) is 0. The highest BCUT2D eigenvalue weighted by Crippen LogP contribution is 1.99. The highest BCUT2D eigenvalue weighted by molar-refractivity contribution is 4.93. The Morgan fingerprint density at radius 1 is 1.45 bits per heavy atom. The van der Waals surface area contributed by atoms with Gasteiger partial charge in [-0.1, -0.05) is 13.5 Å². The number of hydrogen-bond acceptors (Lipinski definition) is 1. The van der Waals surface area contributed by atoms with Crippen molar-refractivity contribution in [2.75, 3.05) is 13.1 Å². The molecule has 0 heterocycles. The maximum atomic E-state index is 3.59. The van der Waals surface area contributed by atoms with Gasteiger partial charge in [0.15, 0.2) is 0 Å². The van der Waals surface area contributed by atoms with Crippen LogP contribution >= 0.6 is 0 Å². The Morgan fingerprint density at radius 3 is 2.73 bits per heavy atom. The van der Waals surface area contributed by atoms with Crippen LogP contribution in [-0.2, 0) is 0 Å². The van der Waals surface area contributed by atoms with Crippen molar-refractivity contribution < 1.29 is 0 Å². The van der Waals surface area contributed by atoms with Crippen LogP contribution in [0.3, 0.4) is 0 Å². The van der Waals surface area contributed by atoms with Crippen LogP contribution in [0.5, 0.6) is 0 Å². The van der Waals surface area contributed by atoms with Crippen molar-refractivity contribution in [2.24, 2.45) is 0 Å². The highest BCUT2D eigenvalue weighted by Gasteiger charge is 1.88. The molecule has 0 aliphatic heterocycles. The Labute approximate surface area is 70.2 Å². The predicted molar refractivity (Wildman–Crippen MR) is 50.7 cm³/mol. The van der Waals surface area contributed by atoms with Crippen LogP contribution in [-0.4, -0.2) is 13.1 Å². The maximum absolute atomic E-state index is 3.59. The Morgan fingerprint density at radius 2 is 2.18 bits per heavy atom. The molecule has 0 spiro atoms. The third kappa shape index (κ3) is 7.38. The molecule has 0 radical (unpaired) electrons. The van der Waals surface area contributed by atoms with Crippen LogP contribution in [0.4, 0.5) is 0 Å². The van der Waals surface area contributed by atoms with Gasteiger partial charge < -0.3 is 5.32 Å². The summed E-state index contributed by atoms with van der Waals surface area (Å²) in [7, 11) is 0. The van der Waals surface area contributed by atoms with E-state index in [0.717, 1.165) is 19.5 Å². The first-order valence-electron chi connectivity index (χ1n) is 4.37. The number of hydrogen-bond donors (Lipinski definition) is 1. The van der Waals surface area contributed by atoms with Gasteiger partial charge >= 0.3 is 0 Å². The van der Waals surface area contributed by atoms with E-state index in [4.69, 9.17) is 0 Å². The fourth-order valence-electron chi connectivity index (χ4n) is 0.869. The first-order valence-corrected chi connectivity index (χ1v) is 4.37. The molecule has 0 aromatic carbocycles. The molecule has 1 heteroatoms. The van der Waals surface area contributed by atoms with Crippen molar-refractivity contribution in [3.05, 3.63) is 17.9 Å². The second-order valence-electron chi connectivity index (χ2n) is 2.81. The van der Waals surface area contributed by atoms with Crippen molar-refractivity contribution in [3.8, 4) is 0 Å². The summed E-state index contributed by atoms with van der Waals surface area (Å²) in [5.74, 6) is 0. The molecule has 0 bridgehead atoms. The summed E-state index contributed by atoms with van der Waals surface area (Å²) in [6.45, 7) is 10.1. The van der Waals surface area contributed by atoms with Gasteiger partial charge in [-0.05, 0) is 44.8 Å². The standard InChI is InChI=1S/C10H19N/c1-4-8-11-9-6-7-10(3)5-2/h11H,2,4,6-9H2,1,3H3. The molecular formula is C10H19N. The smallest absolute Gasteiger partial charge is 0.00456 e. The van der Waals surface area contributed by atoms with Crippen LogP contribution in [0.2, 0.25) is 0 Å². The van der Waals surface area contributed by atoms with Gasteiger partial charge in [-0.2, -0.15) is 0 Å². The Hall–Kier alpha value is -0.520. The molecule has 0 aliphatic rings. The fourth-order valence-corrected chi connectivity index (χ4v) is 0.869. The molecule has 0 amide bonds. The van der Waals surface area contributed by atoms with E-state index in [1.807, 2.05) is 0 Å². The molecule has 1 nitrogen and oxygen atoms in total. The van der Waals surface area contributed by atoms with Crippen LogP contribution < -0.4 is 5.32 Å². The lowest BCUT2D eigenvalue weighted by Gasteiger charge is -2.01.